The van der Waals surface area contributed by atoms with Crippen LogP contribution in [0.3, 0.4) is 0 Å². The Balaban J connectivity index is 2.27. The van der Waals surface area contributed by atoms with Crippen LogP contribution in [0.1, 0.15) is 39.0 Å². The molecule has 0 aliphatic heterocycles. The molecule has 0 unspecified atom stereocenters. The molecule has 0 atom stereocenters. The number of hydrogen-bond donors (Lipinski definition) is 0. The Bertz CT molecular complexity index is 369. The first kappa shape index (κ1) is 12.2. The molecule has 17 heavy (non-hydrogen) atoms. The lowest BCUT2D eigenvalue weighted by molar-refractivity contribution is 0.437. The molecule has 0 aromatic carbocycles. The van der Waals surface area contributed by atoms with Crippen LogP contribution in [0.4, 0.5) is 0 Å². The smallest absolute Gasteiger partial charge is 0.0467 e. The summed E-state index contributed by atoms with van der Waals surface area (Å²) in [5.74, 6) is 0.881. The maximum absolute atomic E-state index is 3.98. The predicted octanol–water partition coefficient (Wildman–Crippen LogP) is 4.41. The second-order valence-corrected chi connectivity index (χ2v) is 4.98. The van der Waals surface area contributed by atoms with Crippen molar-refractivity contribution in [1.82, 2.24) is 4.90 Å². The maximum atomic E-state index is 3.98. The summed E-state index contributed by atoms with van der Waals surface area (Å²) in [5, 5.41) is 0. The molecule has 92 valence electrons. The van der Waals surface area contributed by atoms with Crippen LogP contribution in [0, 0.1) is 5.92 Å². The molecule has 0 aromatic rings. The van der Waals surface area contributed by atoms with E-state index in [4.69, 9.17) is 0 Å². The molecule has 0 saturated heterocycles. The lowest BCUT2D eigenvalue weighted by Crippen LogP contribution is -2.23. The van der Waals surface area contributed by atoms with Gasteiger partial charge in [-0.2, -0.15) is 0 Å². The van der Waals surface area contributed by atoms with Crippen molar-refractivity contribution in [2.24, 2.45) is 5.92 Å². The zero-order valence-electron chi connectivity index (χ0n) is 10.9. The van der Waals surface area contributed by atoms with Crippen LogP contribution in [-0.4, -0.2) is 11.4 Å². The summed E-state index contributed by atoms with van der Waals surface area (Å²) in [4.78, 5) is 2.35. The minimum atomic E-state index is 0.881. The van der Waals surface area contributed by atoms with Crippen LogP contribution in [0.15, 0.2) is 48.4 Å². The van der Waals surface area contributed by atoms with Gasteiger partial charge in [0.1, 0.15) is 0 Å². The topological polar surface area (TPSA) is 3.24 Å². The van der Waals surface area contributed by atoms with E-state index in [0.717, 1.165) is 31.7 Å². The summed E-state index contributed by atoms with van der Waals surface area (Å²) in [6.07, 6.45) is 12.5. The van der Waals surface area contributed by atoms with E-state index in [9.17, 15) is 0 Å². The van der Waals surface area contributed by atoms with Gasteiger partial charge in [-0.3, -0.25) is 0 Å². The lowest BCUT2D eigenvalue weighted by atomic mass is 9.93. The summed E-state index contributed by atoms with van der Waals surface area (Å²) >= 11 is 0. The van der Waals surface area contributed by atoms with E-state index in [-0.39, 0.29) is 0 Å². The number of nitrogens with zero attached hydrogens (tertiary/aromatic N) is 1. The van der Waals surface area contributed by atoms with E-state index in [1.54, 1.807) is 0 Å². The van der Waals surface area contributed by atoms with Gasteiger partial charge in [-0.15, -0.1) is 0 Å². The second kappa shape index (κ2) is 5.39. The Morgan fingerprint density at radius 2 is 2.18 bits per heavy atom. The van der Waals surface area contributed by atoms with E-state index in [0.29, 0.717) is 0 Å². The fourth-order valence-corrected chi connectivity index (χ4v) is 2.54. The van der Waals surface area contributed by atoms with Crippen molar-refractivity contribution >= 4 is 0 Å². The maximum Gasteiger partial charge on any atom is 0.0467 e. The highest BCUT2D eigenvalue weighted by Crippen LogP contribution is 2.35. The van der Waals surface area contributed by atoms with Gasteiger partial charge < -0.3 is 4.90 Å². The van der Waals surface area contributed by atoms with Crippen LogP contribution in [-0.2, 0) is 0 Å². The first-order valence-corrected chi connectivity index (χ1v) is 6.74. The normalized spacial score (nSPS) is 19.9. The van der Waals surface area contributed by atoms with E-state index < -0.39 is 0 Å². The molecule has 1 heteroatoms. The number of hydrogen-bond acceptors (Lipinski definition) is 1. The Labute approximate surface area is 105 Å². The summed E-state index contributed by atoms with van der Waals surface area (Å²) in [6.45, 7) is 11.3. The fourth-order valence-electron chi connectivity index (χ4n) is 2.54. The van der Waals surface area contributed by atoms with Crippen molar-refractivity contribution in [2.75, 3.05) is 6.54 Å². The van der Waals surface area contributed by atoms with Gasteiger partial charge in [0.15, 0.2) is 0 Å². The number of allylic oxidation sites excluding steroid dienone is 4. The van der Waals surface area contributed by atoms with Crippen molar-refractivity contribution in [1.29, 1.82) is 0 Å². The fraction of sp³-hybridized carbons (Fsp3) is 0.500. The number of rotatable bonds is 6. The lowest BCUT2D eigenvalue weighted by Gasteiger charge is -2.30. The van der Waals surface area contributed by atoms with Crippen LogP contribution >= 0.6 is 0 Å². The van der Waals surface area contributed by atoms with Crippen molar-refractivity contribution in [3.8, 4) is 0 Å². The van der Waals surface area contributed by atoms with E-state index in [1.165, 1.54) is 29.7 Å². The van der Waals surface area contributed by atoms with E-state index in [2.05, 4.69) is 31.1 Å². The van der Waals surface area contributed by atoms with Crippen LogP contribution in [0.2, 0.25) is 0 Å². The molecular formula is C16H23N. The standard InChI is InChI=1S/C16H23N/c1-4-14-8-7-9-15(5-2)16(14)17(6-3)12-13-10-11-13/h4,6,9,13H,1,3,5,7-8,10-12H2,2H3. The average molecular weight is 229 g/mol. The molecule has 0 N–H and O–H groups in total. The van der Waals surface area contributed by atoms with E-state index >= 15 is 0 Å². The van der Waals surface area contributed by atoms with Gasteiger partial charge in [-0.25, -0.2) is 0 Å². The summed E-state index contributed by atoms with van der Waals surface area (Å²) in [7, 11) is 0. The molecule has 2 rings (SSSR count). The first-order valence-electron chi connectivity index (χ1n) is 6.74. The summed E-state index contributed by atoms with van der Waals surface area (Å²) < 4.78 is 0. The molecular weight excluding hydrogens is 206 g/mol. The van der Waals surface area contributed by atoms with Crippen LogP contribution in [0.5, 0.6) is 0 Å². The van der Waals surface area contributed by atoms with Crippen molar-refractivity contribution < 1.29 is 0 Å². The quantitative estimate of drug-likeness (QED) is 0.652. The van der Waals surface area contributed by atoms with Gasteiger partial charge in [-0.1, -0.05) is 32.2 Å². The molecule has 0 aromatic heterocycles. The summed E-state index contributed by atoms with van der Waals surface area (Å²) in [5.41, 5.74) is 4.24. The van der Waals surface area contributed by atoms with Gasteiger partial charge in [0.05, 0.1) is 0 Å². The molecule has 2 aliphatic rings. The molecule has 1 nitrogen and oxygen atoms in total. The van der Waals surface area contributed by atoms with Crippen LogP contribution in [0.25, 0.3) is 0 Å². The molecule has 0 spiro atoms. The minimum absolute atomic E-state index is 0.881. The third kappa shape index (κ3) is 2.71. The third-order valence-corrected chi connectivity index (χ3v) is 3.70. The molecule has 0 amide bonds. The van der Waals surface area contributed by atoms with Gasteiger partial charge >= 0.3 is 0 Å². The Morgan fingerprint density at radius 3 is 2.71 bits per heavy atom. The average Bonchev–Trinajstić information content (AvgIpc) is 3.19. The zero-order valence-corrected chi connectivity index (χ0v) is 10.9. The molecule has 0 radical (unpaired) electrons. The highest BCUT2D eigenvalue weighted by Gasteiger charge is 2.26. The predicted molar refractivity (Wildman–Crippen MR) is 74.5 cm³/mol. The summed E-state index contributed by atoms with van der Waals surface area (Å²) in [6, 6.07) is 0. The molecule has 1 fully saturated rings. The van der Waals surface area contributed by atoms with Crippen molar-refractivity contribution in [3.63, 3.8) is 0 Å². The Hall–Kier alpha value is -1.24. The van der Waals surface area contributed by atoms with Crippen molar-refractivity contribution in [2.45, 2.75) is 39.0 Å². The zero-order chi connectivity index (χ0) is 12.3. The third-order valence-electron chi connectivity index (χ3n) is 3.70. The van der Waals surface area contributed by atoms with Crippen molar-refractivity contribution in [3.05, 3.63) is 48.4 Å². The van der Waals surface area contributed by atoms with Crippen LogP contribution < -0.4 is 0 Å². The molecule has 1 saturated carbocycles. The van der Waals surface area contributed by atoms with E-state index in [1.807, 2.05) is 12.3 Å². The second-order valence-electron chi connectivity index (χ2n) is 4.98. The largest absolute Gasteiger partial charge is 0.348 e. The first-order chi connectivity index (χ1) is 8.30. The molecule has 2 aliphatic carbocycles. The Morgan fingerprint density at radius 1 is 1.41 bits per heavy atom. The minimum Gasteiger partial charge on any atom is -0.348 e. The van der Waals surface area contributed by atoms with Gasteiger partial charge in [0.25, 0.3) is 0 Å². The van der Waals surface area contributed by atoms with Gasteiger partial charge in [0, 0.05) is 12.2 Å². The molecule has 0 bridgehead atoms. The monoisotopic (exact) mass is 229 g/mol. The highest BCUT2D eigenvalue weighted by molar-refractivity contribution is 5.42. The van der Waals surface area contributed by atoms with Gasteiger partial charge in [-0.05, 0) is 55.4 Å². The van der Waals surface area contributed by atoms with Gasteiger partial charge in [0.2, 0.25) is 0 Å². The SMILES string of the molecule is C=CC1=C(N(C=C)CC2CC2)C(CC)=CCC1. The Kier molecular flexibility index (Phi) is 3.88. The molecule has 0 heterocycles. The highest BCUT2D eigenvalue weighted by atomic mass is 15.1.